The number of imidazole rings is 1. The molecule has 3 heterocycles. The molecule has 0 aliphatic rings. The number of carbonyl (C=O) groups excluding carboxylic acids is 2. The third kappa shape index (κ3) is 2.78. The van der Waals surface area contributed by atoms with E-state index < -0.39 is 5.97 Å². The molecule has 1 amide bonds. The summed E-state index contributed by atoms with van der Waals surface area (Å²) in [6, 6.07) is 5.54. The maximum atomic E-state index is 12.7. The van der Waals surface area contributed by atoms with Gasteiger partial charge in [0.05, 0.1) is 18.4 Å². The van der Waals surface area contributed by atoms with Crippen molar-refractivity contribution in [3.63, 3.8) is 0 Å². The molecule has 3 aromatic heterocycles. The summed E-state index contributed by atoms with van der Waals surface area (Å²) < 4.78 is 6.51. The van der Waals surface area contributed by atoms with Crippen LogP contribution in [0.2, 0.25) is 0 Å². The zero-order chi connectivity index (χ0) is 17.4. The van der Waals surface area contributed by atoms with Gasteiger partial charge in [0, 0.05) is 11.1 Å². The number of nitrogens with zero attached hydrogens (tertiary/aromatic N) is 2. The molecule has 0 saturated heterocycles. The average Bonchev–Trinajstić information content (AvgIpc) is 3.04. The van der Waals surface area contributed by atoms with Crippen molar-refractivity contribution in [1.29, 1.82) is 0 Å². The van der Waals surface area contributed by atoms with Crippen LogP contribution in [0.1, 0.15) is 37.0 Å². The van der Waals surface area contributed by atoms with Gasteiger partial charge in [-0.25, -0.2) is 9.78 Å². The number of aryl methyl sites for hydroxylation is 3. The molecule has 0 aliphatic heterocycles. The van der Waals surface area contributed by atoms with Gasteiger partial charge in [0.15, 0.2) is 0 Å². The second-order valence-electron chi connectivity index (χ2n) is 5.52. The van der Waals surface area contributed by atoms with Crippen LogP contribution in [0.3, 0.4) is 0 Å². The molecule has 6 nitrogen and oxygen atoms in total. The lowest BCUT2D eigenvalue weighted by Gasteiger charge is -2.06. The minimum Gasteiger partial charge on any atom is -0.465 e. The summed E-state index contributed by atoms with van der Waals surface area (Å²) in [5.74, 6) is -0.781. The highest BCUT2D eigenvalue weighted by Gasteiger charge is 2.21. The maximum absolute atomic E-state index is 12.7. The Morgan fingerprint density at radius 2 is 2.00 bits per heavy atom. The molecule has 0 radical (unpaired) electrons. The molecule has 0 aromatic carbocycles. The number of aromatic nitrogens is 2. The van der Waals surface area contributed by atoms with Crippen molar-refractivity contribution < 1.29 is 14.3 Å². The van der Waals surface area contributed by atoms with Crippen molar-refractivity contribution in [3.8, 4) is 0 Å². The Hall–Kier alpha value is -2.67. The molecular weight excluding hydrogens is 326 g/mol. The Labute approximate surface area is 143 Å². The minimum absolute atomic E-state index is 0.309. The van der Waals surface area contributed by atoms with Crippen molar-refractivity contribution in [2.45, 2.75) is 20.8 Å². The van der Waals surface area contributed by atoms with Gasteiger partial charge < -0.3 is 10.1 Å². The lowest BCUT2D eigenvalue weighted by molar-refractivity contribution is 0.0602. The number of hydrogen-bond donors (Lipinski definition) is 1. The number of pyridine rings is 1. The van der Waals surface area contributed by atoms with Crippen LogP contribution in [0.5, 0.6) is 0 Å². The number of carbonyl (C=O) groups is 2. The number of methoxy groups -OCH3 is 1. The summed E-state index contributed by atoms with van der Waals surface area (Å²) in [5.41, 5.74) is 3.23. The second-order valence-corrected chi connectivity index (χ2v) is 6.78. The molecule has 0 aliphatic carbocycles. The van der Waals surface area contributed by atoms with Gasteiger partial charge in [0.1, 0.15) is 16.3 Å². The monoisotopic (exact) mass is 343 g/mol. The Bertz CT molecular complexity index is 956. The summed E-state index contributed by atoms with van der Waals surface area (Å²) in [7, 11) is 1.32. The zero-order valence-corrected chi connectivity index (χ0v) is 14.7. The van der Waals surface area contributed by atoms with Crippen LogP contribution in [0.15, 0.2) is 24.4 Å². The van der Waals surface area contributed by atoms with Gasteiger partial charge in [-0.15, -0.1) is 11.3 Å². The molecule has 3 aromatic rings. The van der Waals surface area contributed by atoms with E-state index in [1.807, 2.05) is 32.2 Å². The first-order chi connectivity index (χ1) is 11.4. The van der Waals surface area contributed by atoms with Crippen LogP contribution in [0.25, 0.3) is 5.65 Å². The van der Waals surface area contributed by atoms with E-state index in [1.54, 1.807) is 17.4 Å². The summed E-state index contributed by atoms with van der Waals surface area (Å²) >= 11 is 1.33. The SMILES string of the molecule is COC(=O)c1cc(C)sc1NC(=O)c1c(C)nc2cc(C)ccn12. The van der Waals surface area contributed by atoms with Gasteiger partial charge in [-0.2, -0.15) is 0 Å². The number of fused-ring (bicyclic) bond motifs is 1. The largest absolute Gasteiger partial charge is 0.465 e. The highest BCUT2D eigenvalue weighted by molar-refractivity contribution is 7.16. The van der Waals surface area contributed by atoms with Gasteiger partial charge in [-0.3, -0.25) is 9.20 Å². The predicted octanol–water partition coefficient (Wildman–Crippen LogP) is 3.36. The summed E-state index contributed by atoms with van der Waals surface area (Å²) in [6.07, 6.45) is 1.82. The van der Waals surface area contributed by atoms with E-state index >= 15 is 0 Å². The van der Waals surface area contributed by atoms with Crippen molar-refractivity contribution in [1.82, 2.24) is 9.38 Å². The van der Waals surface area contributed by atoms with Gasteiger partial charge in [0.25, 0.3) is 5.91 Å². The first kappa shape index (κ1) is 16.2. The maximum Gasteiger partial charge on any atom is 0.340 e. The number of rotatable bonds is 3. The van der Waals surface area contributed by atoms with Gasteiger partial charge >= 0.3 is 5.97 Å². The van der Waals surface area contributed by atoms with E-state index in [2.05, 4.69) is 10.3 Å². The molecule has 7 heteroatoms. The van der Waals surface area contributed by atoms with E-state index in [4.69, 9.17) is 4.74 Å². The minimum atomic E-state index is -0.472. The zero-order valence-electron chi connectivity index (χ0n) is 13.8. The van der Waals surface area contributed by atoms with E-state index in [0.717, 1.165) is 10.4 Å². The molecule has 0 atom stereocenters. The summed E-state index contributed by atoms with van der Waals surface area (Å²) in [6.45, 7) is 5.63. The summed E-state index contributed by atoms with van der Waals surface area (Å²) in [4.78, 5) is 29.9. The van der Waals surface area contributed by atoms with Gasteiger partial charge in [-0.05, 0) is 44.5 Å². The Morgan fingerprint density at radius 1 is 1.25 bits per heavy atom. The number of ether oxygens (including phenoxy) is 1. The first-order valence-electron chi connectivity index (χ1n) is 7.36. The molecule has 124 valence electrons. The molecule has 24 heavy (non-hydrogen) atoms. The van der Waals surface area contributed by atoms with Crippen molar-refractivity contribution in [2.24, 2.45) is 0 Å². The number of amides is 1. The van der Waals surface area contributed by atoms with Crippen LogP contribution >= 0.6 is 11.3 Å². The molecular formula is C17H17N3O3S. The molecule has 1 N–H and O–H groups in total. The fourth-order valence-electron chi connectivity index (χ4n) is 2.57. The Morgan fingerprint density at radius 3 is 2.71 bits per heavy atom. The molecule has 0 unspecified atom stereocenters. The smallest absolute Gasteiger partial charge is 0.340 e. The lowest BCUT2D eigenvalue weighted by atomic mass is 10.2. The number of hydrogen-bond acceptors (Lipinski definition) is 5. The van der Waals surface area contributed by atoms with Crippen LogP contribution in [-0.4, -0.2) is 28.4 Å². The predicted molar refractivity (Wildman–Crippen MR) is 93.0 cm³/mol. The highest BCUT2D eigenvalue weighted by atomic mass is 32.1. The van der Waals surface area contributed by atoms with Gasteiger partial charge in [0.2, 0.25) is 0 Å². The number of thiophene rings is 1. The molecule has 0 bridgehead atoms. The number of esters is 1. The third-order valence-corrected chi connectivity index (χ3v) is 4.62. The topological polar surface area (TPSA) is 72.7 Å². The van der Waals surface area contributed by atoms with E-state index in [9.17, 15) is 9.59 Å². The van der Waals surface area contributed by atoms with Crippen LogP contribution in [-0.2, 0) is 4.74 Å². The standard InChI is InChI=1S/C17H17N3O3S/c1-9-5-6-20-13(7-9)18-11(3)14(20)15(21)19-16-12(17(22)23-4)8-10(2)24-16/h5-8H,1-4H3,(H,19,21). The molecule has 0 fully saturated rings. The quantitative estimate of drug-likeness (QED) is 0.740. The number of nitrogens with one attached hydrogen (secondary N) is 1. The van der Waals surface area contributed by atoms with Crippen LogP contribution in [0.4, 0.5) is 5.00 Å². The van der Waals surface area contributed by atoms with E-state index in [-0.39, 0.29) is 5.91 Å². The van der Waals surface area contributed by atoms with Crippen LogP contribution < -0.4 is 5.32 Å². The highest BCUT2D eigenvalue weighted by Crippen LogP contribution is 2.29. The normalized spacial score (nSPS) is 10.8. The van der Waals surface area contributed by atoms with Crippen molar-refractivity contribution in [3.05, 3.63) is 51.8 Å². The third-order valence-electron chi connectivity index (χ3n) is 3.66. The second kappa shape index (κ2) is 6.09. The molecule has 3 rings (SSSR count). The van der Waals surface area contributed by atoms with Crippen LogP contribution in [0, 0.1) is 20.8 Å². The number of anilines is 1. The fraction of sp³-hybridized carbons (Fsp3) is 0.235. The molecule has 0 saturated carbocycles. The van der Waals surface area contributed by atoms with E-state index in [1.165, 1.54) is 18.4 Å². The molecule has 0 spiro atoms. The van der Waals surface area contributed by atoms with Crippen molar-refractivity contribution in [2.75, 3.05) is 12.4 Å². The average molecular weight is 343 g/mol. The van der Waals surface area contributed by atoms with E-state index in [0.29, 0.717) is 27.6 Å². The fourth-order valence-corrected chi connectivity index (χ4v) is 3.46. The Balaban J connectivity index is 2.00. The first-order valence-corrected chi connectivity index (χ1v) is 8.17. The Kier molecular flexibility index (Phi) is 4.11. The summed E-state index contributed by atoms with van der Waals surface area (Å²) in [5, 5.41) is 3.29. The van der Waals surface area contributed by atoms with Crippen molar-refractivity contribution >= 4 is 33.9 Å². The van der Waals surface area contributed by atoms with Gasteiger partial charge in [-0.1, -0.05) is 0 Å². The lowest BCUT2D eigenvalue weighted by Crippen LogP contribution is -2.16.